The first-order valence-electron chi connectivity index (χ1n) is 10.7. The smallest absolute Gasteiger partial charge is 0.244 e. The van der Waals surface area contributed by atoms with Crippen LogP contribution in [-0.4, -0.2) is 23.3 Å². The molecule has 2 amide bonds. The minimum absolute atomic E-state index is 0.167. The molecule has 6 heteroatoms. The summed E-state index contributed by atoms with van der Waals surface area (Å²) in [5.74, 6) is 0.750. The van der Waals surface area contributed by atoms with E-state index >= 15 is 0 Å². The van der Waals surface area contributed by atoms with Crippen molar-refractivity contribution < 1.29 is 14.3 Å². The molecule has 1 N–H and O–H groups in total. The summed E-state index contributed by atoms with van der Waals surface area (Å²) < 4.78 is 5.72. The Morgan fingerprint density at radius 1 is 1.06 bits per heavy atom. The fourth-order valence-electron chi connectivity index (χ4n) is 3.45. The summed E-state index contributed by atoms with van der Waals surface area (Å²) in [5.41, 5.74) is 3.67. The van der Waals surface area contributed by atoms with E-state index in [2.05, 4.69) is 10.3 Å². The molecule has 1 aliphatic rings. The first-order chi connectivity index (χ1) is 15.7. The van der Waals surface area contributed by atoms with Crippen LogP contribution in [0.25, 0.3) is 6.08 Å². The normalized spacial score (nSPS) is 13.5. The van der Waals surface area contributed by atoms with Gasteiger partial charge in [-0.2, -0.15) is 0 Å². The minimum Gasteiger partial charge on any atom is -0.487 e. The quantitative estimate of drug-likeness (QED) is 0.549. The third-order valence-corrected chi connectivity index (χ3v) is 5.21. The molecule has 1 saturated heterocycles. The first kappa shape index (κ1) is 21.3. The van der Waals surface area contributed by atoms with Crippen LogP contribution in [-0.2, 0) is 22.7 Å². The molecule has 2 heterocycles. The standard InChI is InChI=1S/C26H25N3O3/c30-25(28-18-21-6-11-23(12-7-21)29-17-3-5-26(29)31)15-10-20-8-13-24(14-9-20)32-19-22-4-1-2-16-27-22/h1-2,4,6-16H,3,5,17-19H2,(H,28,30)/b15-10+. The van der Waals surface area contributed by atoms with Crippen molar-refractivity contribution in [1.82, 2.24) is 10.3 Å². The van der Waals surface area contributed by atoms with Gasteiger partial charge in [-0.3, -0.25) is 14.6 Å². The monoisotopic (exact) mass is 427 g/mol. The van der Waals surface area contributed by atoms with Gasteiger partial charge in [0, 0.05) is 37.5 Å². The van der Waals surface area contributed by atoms with Crippen LogP contribution in [0.3, 0.4) is 0 Å². The van der Waals surface area contributed by atoms with E-state index in [9.17, 15) is 9.59 Å². The Balaban J connectivity index is 1.23. The molecule has 1 aliphatic heterocycles. The van der Waals surface area contributed by atoms with Gasteiger partial charge in [0.25, 0.3) is 0 Å². The van der Waals surface area contributed by atoms with E-state index in [1.54, 1.807) is 17.2 Å². The van der Waals surface area contributed by atoms with Gasteiger partial charge in [-0.05, 0) is 60.0 Å². The summed E-state index contributed by atoms with van der Waals surface area (Å²) in [5, 5.41) is 2.88. The molecule has 0 saturated carbocycles. The van der Waals surface area contributed by atoms with Gasteiger partial charge in [0.2, 0.25) is 11.8 Å². The molecular weight excluding hydrogens is 402 g/mol. The van der Waals surface area contributed by atoms with Gasteiger partial charge in [-0.25, -0.2) is 0 Å². The predicted octanol–water partition coefficient (Wildman–Crippen LogP) is 4.12. The first-order valence-corrected chi connectivity index (χ1v) is 10.7. The summed E-state index contributed by atoms with van der Waals surface area (Å²) in [6.07, 6.45) is 6.54. The van der Waals surface area contributed by atoms with E-state index < -0.39 is 0 Å². The molecule has 0 aliphatic carbocycles. The summed E-state index contributed by atoms with van der Waals surface area (Å²) in [7, 11) is 0. The Hall–Kier alpha value is -3.93. The number of carbonyl (C=O) groups is 2. The number of pyridine rings is 1. The highest BCUT2D eigenvalue weighted by atomic mass is 16.5. The summed E-state index contributed by atoms with van der Waals surface area (Å²) in [4.78, 5) is 30.0. The van der Waals surface area contributed by atoms with Crippen LogP contribution >= 0.6 is 0 Å². The minimum atomic E-state index is -0.167. The Labute approximate surface area is 187 Å². The Bertz CT molecular complexity index is 1080. The second-order valence-corrected chi connectivity index (χ2v) is 7.55. The number of aromatic nitrogens is 1. The number of benzene rings is 2. The predicted molar refractivity (Wildman–Crippen MR) is 124 cm³/mol. The topological polar surface area (TPSA) is 71.5 Å². The second kappa shape index (κ2) is 10.4. The molecule has 3 aromatic rings. The summed E-state index contributed by atoms with van der Waals surface area (Å²) >= 11 is 0. The van der Waals surface area contributed by atoms with Crippen molar-refractivity contribution in [1.29, 1.82) is 0 Å². The number of anilines is 1. The van der Waals surface area contributed by atoms with Gasteiger partial charge in [0.05, 0.1) is 5.69 Å². The molecule has 4 rings (SSSR count). The third kappa shape index (κ3) is 5.82. The van der Waals surface area contributed by atoms with Crippen LogP contribution in [0.2, 0.25) is 0 Å². The van der Waals surface area contributed by atoms with Gasteiger partial charge in [-0.15, -0.1) is 0 Å². The highest BCUT2D eigenvalue weighted by Crippen LogP contribution is 2.21. The van der Waals surface area contributed by atoms with Crippen LogP contribution < -0.4 is 15.0 Å². The summed E-state index contributed by atoms with van der Waals surface area (Å²) in [6, 6.07) is 21.0. The van der Waals surface area contributed by atoms with E-state index in [1.165, 1.54) is 6.08 Å². The van der Waals surface area contributed by atoms with E-state index in [0.717, 1.165) is 41.2 Å². The third-order valence-electron chi connectivity index (χ3n) is 5.21. The van der Waals surface area contributed by atoms with Gasteiger partial charge >= 0.3 is 0 Å². The number of rotatable bonds is 8. The van der Waals surface area contributed by atoms with Crippen molar-refractivity contribution in [3.05, 3.63) is 95.8 Å². The van der Waals surface area contributed by atoms with Crippen LogP contribution in [0.15, 0.2) is 79.0 Å². The average Bonchev–Trinajstić information content (AvgIpc) is 3.27. The zero-order chi connectivity index (χ0) is 22.2. The Morgan fingerprint density at radius 2 is 1.88 bits per heavy atom. The van der Waals surface area contributed by atoms with Crippen LogP contribution in [0, 0.1) is 0 Å². The van der Waals surface area contributed by atoms with Crippen molar-refractivity contribution in [2.24, 2.45) is 0 Å². The highest BCUT2D eigenvalue weighted by Gasteiger charge is 2.21. The maximum Gasteiger partial charge on any atom is 0.244 e. The molecule has 0 bridgehead atoms. The van der Waals surface area contributed by atoms with E-state index in [1.807, 2.05) is 66.7 Å². The van der Waals surface area contributed by atoms with E-state index in [0.29, 0.717) is 19.6 Å². The molecule has 0 radical (unpaired) electrons. The lowest BCUT2D eigenvalue weighted by Crippen LogP contribution is -2.23. The molecule has 0 spiro atoms. The van der Waals surface area contributed by atoms with Crippen LogP contribution in [0.4, 0.5) is 5.69 Å². The lowest BCUT2D eigenvalue weighted by molar-refractivity contribution is -0.117. The van der Waals surface area contributed by atoms with Crippen molar-refractivity contribution in [3.63, 3.8) is 0 Å². The summed E-state index contributed by atoms with van der Waals surface area (Å²) in [6.45, 7) is 1.61. The van der Waals surface area contributed by atoms with Crippen LogP contribution in [0.5, 0.6) is 5.75 Å². The molecule has 0 atom stereocenters. The highest BCUT2D eigenvalue weighted by molar-refractivity contribution is 5.95. The van der Waals surface area contributed by atoms with Gasteiger partial charge in [-0.1, -0.05) is 30.3 Å². The zero-order valence-corrected chi connectivity index (χ0v) is 17.7. The molecule has 6 nitrogen and oxygen atoms in total. The maximum atomic E-state index is 12.2. The molecule has 1 fully saturated rings. The number of carbonyl (C=O) groups excluding carboxylic acids is 2. The lowest BCUT2D eigenvalue weighted by atomic mass is 10.2. The average molecular weight is 428 g/mol. The fraction of sp³-hybridized carbons (Fsp3) is 0.192. The molecule has 1 aromatic heterocycles. The molecule has 32 heavy (non-hydrogen) atoms. The molecule has 2 aromatic carbocycles. The zero-order valence-electron chi connectivity index (χ0n) is 17.7. The van der Waals surface area contributed by atoms with Gasteiger partial charge in [0.1, 0.15) is 12.4 Å². The number of hydrogen-bond acceptors (Lipinski definition) is 4. The van der Waals surface area contributed by atoms with Crippen molar-refractivity contribution in [3.8, 4) is 5.75 Å². The molecular formula is C26H25N3O3. The maximum absolute atomic E-state index is 12.2. The van der Waals surface area contributed by atoms with Crippen molar-refractivity contribution in [2.75, 3.05) is 11.4 Å². The van der Waals surface area contributed by atoms with Crippen molar-refractivity contribution in [2.45, 2.75) is 26.0 Å². The lowest BCUT2D eigenvalue weighted by Gasteiger charge is -2.15. The SMILES string of the molecule is O=C(/C=C/c1ccc(OCc2ccccn2)cc1)NCc1ccc(N2CCCC2=O)cc1. The van der Waals surface area contributed by atoms with E-state index in [4.69, 9.17) is 4.74 Å². The number of nitrogens with one attached hydrogen (secondary N) is 1. The number of amides is 2. The van der Waals surface area contributed by atoms with Gasteiger partial charge in [0.15, 0.2) is 0 Å². The Morgan fingerprint density at radius 3 is 2.56 bits per heavy atom. The fourth-order valence-corrected chi connectivity index (χ4v) is 3.45. The van der Waals surface area contributed by atoms with Crippen LogP contribution in [0.1, 0.15) is 29.7 Å². The van der Waals surface area contributed by atoms with E-state index in [-0.39, 0.29) is 11.8 Å². The van der Waals surface area contributed by atoms with Crippen molar-refractivity contribution >= 4 is 23.6 Å². The largest absolute Gasteiger partial charge is 0.487 e. The molecule has 162 valence electrons. The Kier molecular flexibility index (Phi) is 6.92. The number of hydrogen-bond donors (Lipinski definition) is 1. The number of ether oxygens (including phenoxy) is 1. The molecule has 0 unspecified atom stereocenters. The second-order valence-electron chi connectivity index (χ2n) is 7.55. The number of nitrogens with zero attached hydrogens (tertiary/aromatic N) is 2. The van der Waals surface area contributed by atoms with Gasteiger partial charge < -0.3 is 15.0 Å².